The van der Waals surface area contributed by atoms with E-state index in [2.05, 4.69) is 5.32 Å². The fraction of sp³-hybridized carbons (Fsp3) is 0.533. The number of carbonyl (C=O) groups is 1. The molecule has 3 rings (SSSR count). The van der Waals surface area contributed by atoms with E-state index in [-0.39, 0.29) is 17.8 Å². The molecule has 0 aliphatic heterocycles. The van der Waals surface area contributed by atoms with Crippen molar-refractivity contribution in [2.24, 2.45) is 5.73 Å². The Morgan fingerprint density at radius 2 is 2.20 bits per heavy atom. The molecule has 1 aromatic rings. The summed E-state index contributed by atoms with van der Waals surface area (Å²) in [5.41, 5.74) is 4.92. The molecule has 0 bridgehead atoms. The summed E-state index contributed by atoms with van der Waals surface area (Å²) in [5, 5.41) is 3.36. The van der Waals surface area contributed by atoms with Gasteiger partial charge in [-0.1, -0.05) is 6.07 Å². The van der Waals surface area contributed by atoms with Crippen LogP contribution in [0.3, 0.4) is 0 Å². The second kappa shape index (κ2) is 5.05. The molecule has 5 heteroatoms. The highest BCUT2D eigenvalue weighted by Gasteiger charge is 2.47. The monoisotopic (exact) mass is 278 g/mol. The number of carbonyl (C=O) groups excluding carboxylic acids is 1. The van der Waals surface area contributed by atoms with Crippen molar-refractivity contribution >= 4 is 5.91 Å². The Balaban J connectivity index is 1.66. The van der Waals surface area contributed by atoms with Crippen LogP contribution in [-0.4, -0.2) is 23.6 Å². The maximum Gasteiger partial charge on any atom is 0.237 e. The van der Waals surface area contributed by atoms with Gasteiger partial charge in [0.25, 0.3) is 0 Å². The zero-order chi connectivity index (χ0) is 14.2. The number of hydrogen-bond acceptors (Lipinski definition) is 3. The summed E-state index contributed by atoms with van der Waals surface area (Å²) < 4.78 is 18.9. The first-order valence-corrected chi connectivity index (χ1v) is 7.07. The van der Waals surface area contributed by atoms with Crippen molar-refractivity contribution in [3.05, 3.63) is 30.1 Å². The molecule has 3 N–H and O–H groups in total. The zero-order valence-electron chi connectivity index (χ0n) is 11.3. The van der Waals surface area contributed by atoms with E-state index in [1.165, 1.54) is 12.1 Å². The summed E-state index contributed by atoms with van der Waals surface area (Å²) >= 11 is 0. The van der Waals surface area contributed by atoms with E-state index in [0.717, 1.165) is 19.3 Å². The van der Waals surface area contributed by atoms with Crippen LogP contribution in [0.2, 0.25) is 0 Å². The van der Waals surface area contributed by atoms with Gasteiger partial charge in [-0.25, -0.2) is 4.39 Å². The third-order valence-corrected chi connectivity index (χ3v) is 4.10. The smallest absolute Gasteiger partial charge is 0.237 e. The van der Waals surface area contributed by atoms with Crippen LogP contribution in [0.5, 0.6) is 5.75 Å². The number of amides is 1. The highest BCUT2D eigenvalue weighted by molar-refractivity contribution is 5.85. The molecule has 1 aromatic carbocycles. The van der Waals surface area contributed by atoms with Crippen molar-refractivity contribution in [2.75, 3.05) is 0 Å². The SMILES string of the molecule is NC(=O)C1(NC2CC2)CCC(Oc2cccc(F)c2)C1. The molecule has 2 unspecified atom stereocenters. The number of nitrogens with two attached hydrogens (primary N) is 1. The summed E-state index contributed by atoms with van der Waals surface area (Å²) in [6, 6.07) is 6.49. The molecule has 0 aromatic heterocycles. The Hall–Kier alpha value is -1.62. The molecule has 0 radical (unpaired) electrons. The number of nitrogens with one attached hydrogen (secondary N) is 1. The molecule has 0 heterocycles. The molecule has 2 aliphatic carbocycles. The van der Waals surface area contributed by atoms with Gasteiger partial charge in [0.05, 0.1) is 0 Å². The topological polar surface area (TPSA) is 64.4 Å². The van der Waals surface area contributed by atoms with Crippen LogP contribution in [0.1, 0.15) is 32.1 Å². The van der Waals surface area contributed by atoms with Gasteiger partial charge < -0.3 is 15.8 Å². The van der Waals surface area contributed by atoms with E-state index in [1.807, 2.05) is 0 Å². The van der Waals surface area contributed by atoms with E-state index in [0.29, 0.717) is 24.6 Å². The fourth-order valence-electron chi connectivity index (χ4n) is 2.88. The molecule has 20 heavy (non-hydrogen) atoms. The van der Waals surface area contributed by atoms with E-state index in [9.17, 15) is 9.18 Å². The second-order valence-corrected chi connectivity index (χ2v) is 5.81. The average Bonchev–Trinajstić information content (AvgIpc) is 3.10. The maximum absolute atomic E-state index is 13.1. The average molecular weight is 278 g/mol. The predicted molar refractivity (Wildman–Crippen MR) is 72.8 cm³/mol. The molecular formula is C15H19FN2O2. The lowest BCUT2D eigenvalue weighted by molar-refractivity contribution is -0.124. The minimum Gasteiger partial charge on any atom is -0.490 e. The summed E-state index contributed by atoms with van der Waals surface area (Å²) in [5.74, 6) is -0.130. The minimum atomic E-state index is -0.654. The largest absolute Gasteiger partial charge is 0.490 e. The Kier molecular flexibility index (Phi) is 3.38. The third kappa shape index (κ3) is 2.77. The van der Waals surface area contributed by atoms with Gasteiger partial charge in [0.1, 0.15) is 23.2 Å². The van der Waals surface area contributed by atoms with Gasteiger partial charge in [-0.05, 0) is 37.8 Å². The quantitative estimate of drug-likeness (QED) is 0.862. The summed E-state index contributed by atoms with van der Waals surface area (Å²) in [4.78, 5) is 11.8. The molecule has 0 spiro atoms. The van der Waals surface area contributed by atoms with Crippen LogP contribution in [0.25, 0.3) is 0 Å². The first-order chi connectivity index (χ1) is 9.57. The summed E-state index contributed by atoms with van der Waals surface area (Å²) in [6.45, 7) is 0. The van der Waals surface area contributed by atoms with Gasteiger partial charge in [0.15, 0.2) is 0 Å². The lowest BCUT2D eigenvalue weighted by Crippen LogP contribution is -2.55. The van der Waals surface area contributed by atoms with E-state index < -0.39 is 5.54 Å². The number of primary amides is 1. The lowest BCUT2D eigenvalue weighted by atomic mass is 9.96. The number of benzene rings is 1. The molecule has 2 fully saturated rings. The molecule has 1 amide bonds. The molecular weight excluding hydrogens is 259 g/mol. The first kappa shape index (κ1) is 13.4. The molecule has 108 valence electrons. The van der Waals surface area contributed by atoms with Crippen molar-refractivity contribution in [3.63, 3.8) is 0 Å². The lowest BCUT2D eigenvalue weighted by Gasteiger charge is -2.27. The Bertz CT molecular complexity index is 518. The van der Waals surface area contributed by atoms with Crippen molar-refractivity contribution in [3.8, 4) is 5.75 Å². The minimum absolute atomic E-state index is 0.101. The normalized spacial score (nSPS) is 29.4. The van der Waals surface area contributed by atoms with Crippen LogP contribution in [-0.2, 0) is 4.79 Å². The molecule has 2 aliphatic rings. The standard InChI is InChI=1S/C15H19FN2O2/c16-10-2-1-3-12(8-10)20-13-6-7-15(9-13,14(17)19)18-11-4-5-11/h1-3,8,11,13,18H,4-7,9H2,(H2,17,19). The van der Waals surface area contributed by atoms with Crippen LogP contribution < -0.4 is 15.8 Å². The predicted octanol–water partition coefficient (Wildman–Crippen LogP) is 1.73. The third-order valence-electron chi connectivity index (χ3n) is 4.10. The van der Waals surface area contributed by atoms with Crippen LogP contribution >= 0.6 is 0 Å². The van der Waals surface area contributed by atoms with Gasteiger partial charge in [-0.2, -0.15) is 0 Å². The van der Waals surface area contributed by atoms with Crippen molar-refractivity contribution in [2.45, 2.75) is 49.8 Å². The van der Waals surface area contributed by atoms with Gasteiger partial charge in [-0.15, -0.1) is 0 Å². The zero-order valence-corrected chi connectivity index (χ0v) is 11.3. The fourth-order valence-corrected chi connectivity index (χ4v) is 2.88. The molecule has 4 nitrogen and oxygen atoms in total. The van der Waals surface area contributed by atoms with Crippen molar-refractivity contribution < 1.29 is 13.9 Å². The molecule has 2 saturated carbocycles. The van der Waals surface area contributed by atoms with E-state index >= 15 is 0 Å². The van der Waals surface area contributed by atoms with Crippen molar-refractivity contribution in [1.82, 2.24) is 5.32 Å². The van der Waals surface area contributed by atoms with Crippen LogP contribution in [0.15, 0.2) is 24.3 Å². The van der Waals surface area contributed by atoms with Gasteiger partial charge in [0.2, 0.25) is 5.91 Å². The Morgan fingerprint density at radius 3 is 2.85 bits per heavy atom. The number of halogens is 1. The summed E-state index contributed by atoms with van der Waals surface area (Å²) in [6.07, 6.45) is 4.08. The number of ether oxygens (including phenoxy) is 1. The van der Waals surface area contributed by atoms with Crippen molar-refractivity contribution in [1.29, 1.82) is 0 Å². The Morgan fingerprint density at radius 1 is 1.40 bits per heavy atom. The molecule has 2 atom stereocenters. The second-order valence-electron chi connectivity index (χ2n) is 5.81. The van der Waals surface area contributed by atoms with E-state index in [1.54, 1.807) is 12.1 Å². The molecule has 0 saturated heterocycles. The highest BCUT2D eigenvalue weighted by atomic mass is 19.1. The van der Waals surface area contributed by atoms with E-state index in [4.69, 9.17) is 10.5 Å². The van der Waals surface area contributed by atoms with Crippen LogP contribution in [0.4, 0.5) is 4.39 Å². The van der Waals surface area contributed by atoms with Gasteiger partial charge in [0, 0.05) is 18.5 Å². The number of rotatable bonds is 5. The maximum atomic E-state index is 13.1. The highest BCUT2D eigenvalue weighted by Crippen LogP contribution is 2.36. The van der Waals surface area contributed by atoms with Gasteiger partial charge in [-0.3, -0.25) is 4.79 Å². The summed E-state index contributed by atoms with van der Waals surface area (Å²) in [7, 11) is 0. The number of hydrogen-bond donors (Lipinski definition) is 2. The van der Waals surface area contributed by atoms with Crippen LogP contribution in [0, 0.1) is 5.82 Å². The Labute approximate surface area is 117 Å². The first-order valence-electron chi connectivity index (χ1n) is 7.07. The van der Waals surface area contributed by atoms with Gasteiger partial charge >= 0.3 is 0 Å².